The highest BCUT2D eigenvalue weighted by Gasteiger charge is 2.22. The minimum atomic E-state index is -0.548. The van der Waals surface area contributed by atoms with Gasteiger partial charge in [-0.05, 0) is 22.7 Å². The van der Waals surface area contributed by atoms with E-state index in [1.54, 1.807) is 4.90 Å². The maximum atomic E-state index is 13.4. The van der Waals surface area contributed by atoms with Crippen LogP contribution in [0.2, 0.25) is 5.28 Å². The SMILES string of the molecule is Cn1c(=O)c2c(nc(Cl)n2CC(=O)N(Cc2ccccc2)Cc2ccccc2)n(C)c1=O. The van der Waals surface area contributed by atoms with Gasteiger partial charge < -0.3 is 4.90 Å². The van der Waals surface area contributed by atoms with Gasteiger partial charge >= 0.3 is 5.69 Å². The first-order chi connectivity index (χ1) is 15.4. The third-order valence-electron chi connectivity index (χ3n) is 5.38. The van der Waals surface area contributed by atoms with Gasteiger partial charge in [0.2, 0.25) is 11.2 Å². The molecular formula is C23H22ClN5O3. The molecule has 164 valence electrons. The van der Waals surface area contributed by atoms with Crippen molar-refractivity contribution in [3.8, 4) is 0 Å². The highest BCUT2D eigenvalue weighted by atomic mass is 35.5. The van der Waals surface area contributed by atoms with Crippen molar-refractivity contribution in [1.29, 1.82) is 0 Å². The molecule has 0 saturated carbocycles. The summed E-state index contributed by atoms with van der Waals surface area (Å²) in [7, 11) is 2.89. The normalized spacial score (nSPS) is 11.1. The lowest BCUT2D eigenvalue weighted by atomic mass is 10.1. The van der Waals surface area contributed by atoms with Crippen LogP contribution in [-0.4, -0.2) is 29.5 Å². The van der Waals surface area contributed by atoms with Crippen LogP contribution in [0.5, 0.6) is 0 Å². The Kier molecular flexibility index (Phi) is 5.96. The predicted octanol–water partition coefficient (Wildman–Crippen LogP) is 2.32. The zero-order chi connectivity index (χ0) is 22.8. The first kappa shape index (κ1) is 21.6. The van der Waals surface area contributed by atoms with Gasteiger partial charge in [0.25, 0.3) is 5.56 Å². The van der Waals surface area contributed by atoms with Crippen molar-refractivity contribution >= 4 is 28.7 Å². The Morgan fingerprint density at radius 3 is 1.97 bits per heavy atom. The lowest BCUT2D eigenvalue weighted by Crippen LogP contribution is -2.38. The van der Waals surface area contributed by atoms with Crippen LogP contribution in [0.1, 0.15) is 11.1 Å². The Hall–Kier alpha value is -3.65. The number of aromatic nitrogens is 4. The van der Waals surface area contributed by atoms with Gasteiger partial charge in [-0.2, -0.15) is 4.98 Å². The highest BCUT2D eigenvalue weighted by molar-refractivity contribution is 6.29. The number of carbonyl (C=O) groups excluding carboxylic acids is 1. The number of nitrogens with zero attached hydrogens (tertiary/aromatic N) is 5. The van der Waals surface area contributed by atoms with E-state index in [0.717, 1.165) is 15.7 Å². The van der Waals surface area contributed by atoms with E-state index in [-0.39, 0.29) is 28.9 Å². The quantitative estimate of drug-likeness (QED) is 0.421. The second-order valence-corrected chi connectivity index (χ2v) is 7.90. The number of benzene rings is 2. The van der Waals surface area contributed by atoms with Gasteiger partial charge in [-0.1, -0.05) is 60.7 Å². The van der Waals surface area contributed by atoms with Crippen LogP contribution < -0.4 is 11.2 Å². The molecule has 2 aromatic heterocycles. The van der Waals surface area contributed by atoms with Gasteiger partial charge in [-0.3, -0.25) is 23.3 Å². The Balaban J connectivity index is 1.72. The van der Waals surface area contributed by atoms with Crippen LogP contribution in [0.3, 0.4) is 0 Å². The van der Waals surface area contributed by atoms with Gasteiger partial charge in [-0.15, -0.1) is 0 Å². The first-order valence-corrected chi connectivity index (χ1v) is 10.4. The average Bonchev–Trinajstić information content (AvgIpc) is 3.13. The number of carbonyl (C=O) groups is 1. The fourth-order valence-electron chi connectivity index (χ4n) is 3.64. The molecule has 0 bridgehead atoms. The standard InChI is InChI=1S/C23H22ClN5O3/c1-26-20-19(21(31)27(2)23(26)32)29(22(24)25-20)15-18(30)28(13-16-9-5-3-6-10-16)14-17-11-7-4-8-12-17/h3-12H,13-15H2,1-2H3. The summed E-state index contributed by atoms with van der Waals surface area (Å²) >= 11 is 6.30. The van der Waals surface area contributed by atoms with Crippen molar-refractivity contribution < 1.29 is 4.79 Å². The molecule has 8 nitrogen and oxygen atoms in total. The Labute approximate surface area is 188 Å². The van der Waals surface area contributed by atoms with Crippen molar-refractivity contribution in [3.63, 3.8) is 0 Å². The number of rotatable bonds is 6. The van der Waals surface area contributed by atoms with E-state index in [9.17, 15) is 14.4 Å². The minimum absolute atomic E-state index is 0.0222. The van der Waals surface area contributed by atoms with Gasteiger partial charge in [0.05, 0.1) is 0 Å². The fraction of sp³-hybridized carbons (Fsp3) is 0.217. The van der Waals surface area contributed by atoms with Crippen molar-refractivity contribution in [1.82, 2.24) is 23.6 Å². The summed E-state index contributed by atoms with van der Waals surface area (Å²) in [6, 6.07) is 19.3. The molecule has 0 unspecified atom stereocenters. The molecule has 0 aliphatic carbocycles. The second-order valence-electron chi connectivity index (χ2n) is 7.57. The van der Waals surface area contributed by atoms with Crippen LogP contribution in [0.25, 0.3) is 11.2 Å². The van der Waals surface area contributed by atoms with E-state index in [2.05, 4.69) is 4.98 Å². The molecule has 2 heterocycles. The van der Waals surface area contributed by atoms with E-state index in [0.29, 0.717) is 13.1 Å². The number of halogens is 1. The first-order valence-electron chi connectivity index (χ1n) is 10.0. The summed E-state index contributed by atoms with van der Waals surface area (Å²) in [5.74, 6) is -0.227. The second kappa shape index (κ2) is 8.84. The van der Waals surface area contributed by atoms with Crippen LogP contribution in [0.4, 0.5) is 0 Å². The Bertz CT molecular complexity index is 1350. The maximum absolute atomic E-state index is 13.4. The molecule has 9 heteroatoms. The van der Waals surface area contributed by atoms with Crippen molar-refractivity contribution in [3.05, 3.63) is 97.9 Å². The largest absolute Gasteiger partial charge is 0.332 e. The van der Waals surface area contributed by atoms with E-state index in [4.69, 9.17) is 11.6 Å². The van der Waals surface area contributed by atoms with Gasteiger partial charge in [-0.25, -0.2) is 4.79 Å². The van der Waals surface area contributed by atoms with E-state index in [1.807, 2.05) is 60.7 Å². The fourth-order valence-corrected chi connectivity index (χ4v) is 3.86. The number of hydrogen-bond acceptors (Lipinski definition) is 4. The monoisotopic (exact) mass is 451 g/mol. The molecule has 0 N–H and O–H groups in total. The molecule has 0 saturated heterocycles. The van der Waals surface area contributed by atoms with Gasteiger partial charge in [0, 0.05) is 27.2 Å². The summed E-state index contributed by atoms with van der Waals surface area (Å²) in [6.07, 6.45) is 0. The lowest BCUT2D eigenvalue weighted by molar-refractivity contribution is -0.133. The third kappa shape index (κ3) is 4.09. The van der Waals surface area contributed by atoms with Crippen molar-refractivity contribution in [2.45, 2.75) is 19.6 Å². The number of amides is 1. The Morgan fingerprint density at radius 1 is 0.906 bits per heavy atom. The van der Waals surface area contributed by atoms with Gasteiger partial charge in [0.1, 0.15) is 6.54 Å². The summed E-state index contributed by atoms with van der Waals surface area (Å²) in [4.78, 5) is 44.3. The van der Waals surface area contributed by atoms with Gasteiger partial charge in [0.15, 0.2) is 11.2 Å². The molecule has 1 amide bonds. The lowest BCUT2D eigenvalue weighted by Gasteiger charge is -2.23. The maximum Gasteiger partial charge on any atom is 0.332 e. The minimum Gasteiger partial charge on any atom is -0.332 e. The molecule has 0 aliphatic rings. The topological polar surface area (TPSA) is 82.1 Å². The highest BCUT2D eigenvalue weighted by Crippen LogP contribution is 2.17. The zero-order valence-corrected chi connectivity index (χ0v) is 18.5. The number of fused-ring (bicyclic) bond motifs is 1. The van der Waals surface area contributed by atoms with Crippen LogP contribution in [-0.2, 0) is 38.5 Å². The number of aryl methyl sites for hydroxylation is 1. The summed E-state index contributed by atoms with van der Waals surface area (Å²) < 4.78 is 3.59. The molecular weight excluding hydrogens is 430 g/mol. The molecule has 2 aromatic carbocycles. The summed E-state index contributed by atoms with van der Waals surface area (Å²) in [5, 5.41) is -0.0222. The summed E-state index contributed by atoms with van der Waals surface area (Å²) in [5.41, 5.74) is 1.17. The molecule has 0 atom stereocenters. The third-order valence-corrected chi connectivity index (χ3v) is 5.67. The van der Waals surface area contributed by atoms with Crippen LogP contribution in [0.15, 0.2) is 70.3 Å². The molecule has 0 fully saturated rings. The smallest absolute Gasteiger partial charge is 0.332 e. The van der Waals surface area contributed by atoms with E-state index < -0.39 is 11.2 Å². The molecule has 0 radical (unpaired) electrons. The zero-order valence-electron chi connectivity index (χ0n) is 17.7. The number of imidazole rings is 1. The summed E-state index contributed by atoms with van der Waals surface area (Å²) in [6.45, 7) is 0.618. The molecule has 0 aliphatic heterocycles. The van der Waals surface area contributed by atoms with Crippen LogP contribution in [0, 0.1) is 0 Å². The van der Waals surface area contributed by atoms with Crippen LogP contribution >= 0.6 is 11.6 Å². The van der Waals surface area contributed by atoms with Crippen molar-refractivity contribution in [2.24, 2.45) is 14.1 Å². The molecule has 4 aromatic rings. The van der Waals surface area contributed by atoms with Crippen molar-refractivity contribution in [2.75, 3.05) is 0 Å². The average molecular weight is 452 g/mol. The Morgan fingerprint density at radius 2 is 1.44 bits per heavy atom. The van der Waals surface area contributed by atoms with E-state index >= 15 is 0 Å². The number of hydrogen-bond donors (Lipinski definition) is 0. The predicted molar refractivity (Wildman–Crippen MR) is 122 cm³/mol. The molecule has 4 rings (SSSR count). The van der Waals surface area contributed by atoms with E-state index in [1.165, 1.54) is 23.2 Å². The molecule has 0 spiro atoms. The molecule has 32 heavy (non-hydrogen) atoms.